The molecule has 1 unspecified atom stereocenters. The molecule has 0 saturated carbocycles. The van der Waals surface area contributed by atoms with Gasteiger partial charge in [0.1, 0.15) is 5.69 Å². The Balaban J connectivity index is 2.80. The summed E-state index contributed by atoms with van der Waals surface area (Å²) in [6, 6.07) is 0. The number of halogens is 1. The van der Waals surface area contributed by atoms with E-state index >= 15 is 0 Å². The van der Waals surface area contributed by atoms with Crippen LogP contribution in [0.3, 0.4) is 0 Å². The van der Waals surface area contributed by atoms with Crippen LogP contribution in [0, 0.1) is 0 Å². The van der Waals surface area contributed by atoms with Crippen LogP contribution in [0.25, 0.3) is 0 Å². The molecule has 0 aliphatic carbocycles. The number of aliphatic hydroxyl groups excluding tert-OH is 1. The molecule has 1 heterocycles. The van der Waals surface area contributed by atoms with Crippen molar-refractivity contribution >= 4 is 11.6 Å². The van der Waals surface area contributed by atoms with Crippen molar-refractivity contribution in [2.45, 2.75) is 25.5 Å². The van der Waals surface area contributed by atoms with E-state index in [2.05, 4.69) is 10.00 Å². The molecule has 1 atom stereocenters. The van der Waals surface area contributed by atoms with Crippen molar-refractivity contribution in [2.24, 2.45) is 0 Å². The molecule has 0 aliphatic rings. The molecule has 1 N–H and O–H groups in total. The maximum Gasteiger partial charge on any atom is 0.162 e. The van der Waals surface area contributed by atoms with Crippen molar-refractivity contribution in [3.8, 4) is 5.75 Å². The minimum Gasteiger partial charge on any atom is -0.493 e. The summed E-state index contributed by atoms with van der Waals surface area (Å²) in [7, 11) is 5.60. The van der Waals surface area contributed by atoms with Crippen molar-refractivity contribution in [3.05, 3.63) is 11.9 Å². The van der Waals surface area contributed by atoms with Gasteiger partial charge in [-0.3, -0.25) is 4.68 Å². The van der Waals surface area contributed by atoms with E-state index in [1.807, 2.05) is 14.1 Å². The van der Waals surface area contributed by atoms with Gasteiger partial charge in [0, 0.05) is 12.4 Å². The van der Waals surface area contributed by atoms with E-state index < -0.39 is 6.10 Å². The molecule has 6 heteroatoms. The highest BCUT2D eigenvalue weighted by Gasteiger charge is 2.19. The number of methoxy groups -OCH3 is 1. The highest BCUT2D eigenvalue weighted by atomic mass is 35.5. The molecule has 18 heavy (non-hydrogen) atoms. The maximum atomic E-state index is 10.2. The fourth-order valence-electron chi connectivity index (χ4n) is 1.75. The number of hydrogen-bond donors (Lipinski definition) is 1. The number of nitrogens with zero attached hydrogens (tertiary/aromatic N) is 3. The van der Waals surface area contributed by atoms with Crippen LogP contribution >= 0.6 is 11.6 Å². The lowest BCUT2D eigenvalue weighted by molar-refractivity contribution is 0.150. The van der Waals surface area contributed by atoms with Gasteiger partial charge in [-0.25, -0.2) is 0 Å². The summed E-state index contributed by atoms with van der Waals surface area (Å²) in [5.74, 6) is 1.18. The highest BCUT2D eigenvalue weighted by Crippen LogP contribution is 2.27. The van der Waals surface area contributed by atoms with E-state index in [-0.39, 0.29) is 0 Å². The van der Waals surface area contributed by atoms with E-state index in [1.165, 1.54) is 0 Å². The van der Waals surface area contributed by atoms with Gasteiger partial charge in [-0.1, -0.05) is 0 Å². The molecule has 0 spiro atoms. The SMILES string of the molecule is COc1cnn(CCN(C)C)c1C(O)CCCCl. The average Bonchev–Trinajstić information content (AvgIpc) is 2.76. The monoisotopic (exact) mass is 275 g/mol. The van der Waals surface area contributed by atoms with Crippen molar-refractivity contribution in [3.63, 3.8) is 0 Å². The number of ether oxygens (including phenoxy) is 1. The lowest BCUT2D eigenvalue weighted by Crippen LogP contribution is -2.21. The molecular weight excluding hydrogens is 254 g/mol. The zero-order valence-corrected chi connectivity index (χ0v) is 12.0. The third-order valence-corrected chi connectivity index (χ3v) is 3.02. The van der Waals surface area contributed by atoms with Gasteiger partial charge in [0.2, 0.25) is 0 Å². The minimum absolute atomic E-state index is 0.547. The van der Waals surface area contributed by atoms with Crippen LogP contribution in [-0.4, -0.2) is 53.4 Å². The second-order valence-corrected chi connectivity index (χ2v) is 4.85. The van der Waals surface area contributed by atoms with Crippen molar-refractivity contribution in [2.75, 3.05) is 33.6 Å². The average molecular weight is 276 g/mol. The van der Waals surface area contributed by atoms with Crippen molar-refractivity contribution in [1.29, 1.82) is 0 Å². The third kappa shape index (κ3) is 4.15. The zero-order chi connectivity index (χ0) is 13.5. The van der Waals surface area contributed by atoms with E-state index in [4.69, 9.17) is 16.3 Å². The predicted octanol–water partition coefficient (Wildman–Crippen LogP) is 1.51. The molecule has 0 amide bonds. The number of aliphatic hydroxyl groups is 1. The normalized spacial score (nSPS) is 13.0. The van der Waals surface area contributed by atoms with E-state index in [1.54, 1.807) is 18.0 Å². The first kappa shape index (κ1) is 15.3. The number of aromatic nitrogens is 2. The largest absolute Gasteiger partial charge is 0.493 e. The molecule has 0 saturated heterocycles. The van der Waals surface area contributed by atoms with Crippen LogP contribution in [-0.2, 0) is 6.54 Å². The van der Waals surface area contributed by atoms with Gasteiger partial charge in [-0.05, 0) is 26.9 Å². The Kier molecular flexibility index (Phi) is 6.46. The summed E-state index contributed by atoms with van der Waals surface area (Å²) < 4.78 is 7.05. The first-order chi connectivity index (χ1) is 8.60. The standard InChI is InChI=1S/C12H22ClN3O2/c1-15(2)7-8-16-12(10(17)5-4-6-13)11(18-3)9-14-16/h9-10,17H,4-8H2,1-3H3. The van der Waals surface area contributed by atoms with Crippen LogP contribution < -0.4 is 4.74 Å². The Morgan fingerprint density at radius 3 is 2.83 bits per heavy atom. The first-order valence-corrected chi connectivity index (χ1v) is 6.62. The van der Waals surface area contributed by atoms with Gasteiger partial charge < -0.3 is 14.7 Å². The van der Waals surface area contributed by atoms with Gasteiger partial charge in [0.05, 0.1) is 26.0 Å². The van der Waals surface area contributed by atoms with Crippen LogP contribution in [0.15, 0.2) is 6.20 Å². The first-order valence-electron chi connectivity index (χ1n) is 6.08. The summed E-state index contributed by atoms with van der Waals surface area (Å²) in [5.41, 5.74) is 0.740. The fourth-order valence-corrected chi connectivity index (χ4v) is 1.91. The smallest absolute Gasteiger partial charge is 0.162 e. The lowest BCUT2D eigenvalue weighted by Gasteiger charge is -2.16. The second-order valence-electron chi connectivity index (χ2n) is 4.47. The van der Waals surface area contributed by atoms with E-state index in [9.17, 15) is 5.11 Å². The zero-order valence-electron chi connectivity index (χ0n) is 11.3. The predicted molar refractivity (Wildman–Crippen MR) is 72.2 cm³/mol. The molecule has 0 radical (unpaired) electrons. The second kappa shape index (κ2) is 7.61. The van der Waals surface area contributed by atoms with E-state index in [0.717, 1.165) is 25.2 Å². The van der Waals surface area contributed by atoms with Crippen LogP contribution in [0.5, 0.6) is 5.75 Å². The Morgan fingerprint density at radius 2 is 2.28 bits per heavy atom. The highest BCUT2D eigenvalue weighted by molar-refractivity contribution is 6.17. The van der Waals surface area contributed by atoms with Gasteiger partial charge >= 0.3 is 0 Å². The summed E-state index contributed by atoms with van der Waals surface area (Å²) in [4.78, 5) is 2.07. The minimum atomic E-state index is -0.580. The van der Waals surface area contributed by atoms with E-state index in [0.29, 0.717) is 18.1 Å². The number of likely N-dealkylation sites (N-methyl/N-ethyl adjacent to an activating group) is 1. The molecule has 0 aliphatic heterocycles. The molecule has 0 fully saturated rings. The molecule has 0 aromatic carbocycles. The molecule has 1 aromatic rings. The molecule has 1 aromatic heterocycles. The fraction of sp³-hybridized carbons (Fsp3) is 0.750. The van der Waals surface area contributed by atoms with Crippen molar-refractivity contribution in [1.82, 2.24) is 14.7 Å². The van der Waals surface area contributed by atoms with Crippen LogP contribution in [0.1, 0.15) is 24.6 Å². The van der Waals surface area contributed by atoms with Gasteiger partial charge in [-0.2, -0.15) is 5.10 Å². The van der Waals surface area contributed by atoms with Gasteiger partial charge in [0.15, 0.2) is 5.75 Å². The Morgan fingerprint density at radius 1 is 1.56 bits per heavy atom. The summed E-state index contributed by atoms with van der Waals surface area (Å²) in [5, 5.41) is 14.4. The van der Waals surface area contributed by atoms with Crippen LogP contribution in [0.4, 0.5) is 0 Å². The molecular formula is C12H22ClN3O2. The van der Waals surface area contributed by atoms with Crippen molar-refractivity contribution < 1.29 is 9.84 Å². The molecule has 1 rings (SSSR count). The Bertz CT molecular complexity index is 355. The molecule has 104 valence electrons. The molecule has 5 nitrogen and oxygen atoms in total. The molecule has 0 bridgehead atoms. The maximum absolute atomic E-state index is 10.2. The number of hydrogen-bond acceptors (Lipinski definition) is 4. The summed E-state index contributed by atoms with van der Waals surface area (Å²) in [6.07, 6.45) is 2.45. The van der Waals surface area contributed by atoms with Gasteiger partial charge in [-0.15, -0.1) is 11.6 Å². The summed E-state index contributed by atoms with van der Waals surface area (Å²) in [6.45, 7) is 1.59. The van der Waals surface area contributed by atoms with Gasteiger partial charge in [0.25, 0.3) is 0 Å². The Hall–Kier alpha value is -0.780. The summed E-state index contributed by atoms with van der Waals surface area (Å²) >= 11 is 5.65. The van der Waals surface area contributed by atoms with Crippen LogP contribution in [0.2, 0.25) is 0 Å². The number of alkyl halides is 1. The Labute approximate surface area is 113 Å². The quantitative estimate of drug-likeness (QED) is 0.731. The lowest BCUT2D eigenvalue weighted by atomic mass is 10.1. The topological polar surface area (TPSA) is 50.5 Å². The number of rotatable bonds is 8. The third-order valence-electron chi connectivity index (χ3n) is 2.75.